The van der Waals surface area contributed by atoms with Crippen LogP contribution in [0.2, 0.25) is 5.02 Å². The number of fused-ring (bicyclic) bond motifs is 1. The largest absolute Gasteiger partial charge is 0.332 e. The molecule has 8 heteroatoms. The van der Waals surface area contributed by atoms with Gasteiger partial charge in [0, 0.05) is 47.6 Å². The van der Waals surface area contributed by atoms with Crippen LogP contribution in [0.4, 0.5) is 0 Å². The van der Waals surface area contributed by atoms with Crippen LogP contribution in [-0.2, 0) is 19.4 Å². The van der Waals surface area contributed by atoms with Crippen LogP contribution in [0, 0.1) is 0 Å². The highest BCUT2D eigenvalue weighted by Gasteiger charge is 2.26. The van der Waals surface area contributed by atoms with Gasteiger partial charge in [0.25, 0.3) is 5.91 Å². The Kier molecular flexibility index (Phi) is 4.03. The number of nitrogens with zero attached hydrogens (tertiary/aromatic N) is 4. The van der Waals surface area contributed by atoms with Crippen LogP contribution in [0.3, 0.4) is 0 Å². The molecule has 4 rings (SSSR count). The summed E-state index contributed by atoms with van der Waals surface area (Å²) in [5.74, 6) is -0.0759. The zero-order valence-electron chi connectivity index (χ0n) is 12.7. The third-order valence-electron chi connectivity index (χ3n) is 4.17. The molecule has 0 aliphatic carbocycles. The second-order valence-corrected chi connectivity index (χ2v) is 6.74. The van der Waals surface area contributed by atoms with E-state index in [-0.39, 0.29) is 5.91 Å². The number of benzene rings is 1. The number of carbonyl (C=O) groups is 1. The fraction of sp³-hybridized carbons (Fsp3) is 0.250. The minimum atomic E-state index is -0.0759. The molecule has 0 spiro atoms. The standard InChI is InChI=1S/C16H14ClN5OS/c17-11-3-1-10(2-4-11)7-14-12-8-22(6-5-13(12)18-19-14)16(23)15-9-24-21-20-15/h1-4,9H,5-8H2,(H,18,19). The molecule has 0 unspecified atom stereocenters. The number of H-pyrrole nitrogens is 1. The highest BCUT2D eigenvalue weighted by Crippen LogP contribution is 2.24. The molecule has 1 aliphatic heterocycles. The van der Waals surface area contributed by atoms with Crippen molar-refractivity contribution in [1.29, 1.82) is 0 Å². The Morgan fingerprint density at radius 3 is 2.92 bits per heavy atom. The van der Waals surface area contributed by atoms with Gasteiger partial charge in [0.05, 0.1) is 5.69 Å². The normalized spacial score (nSPS) is 13.8. The summed E-state index contributed by atoms with van der Waals surface area (Å²) < 4.78 is 3.77. The quantitative estimate of drug-likeness (QED) is 0.780. The number of rotatable bonds is 3. The van der Waals surface area contributed by atoms with Gasteiger partial charge in [-0.3, -0.25) is 9.89 Å². The summed E-state index contributed by atoms with van der Waals surface area (Å²) in [5.41, 5.74) is 4.74. The van der Waals surface area contributed by atoms with E-state index in [0.29, 0.717) is 25.2 Å². The number of aromatic nitrogens is 4. The second kappa shape index (κ2) is 6.33. The van der Waals surface area contributed by atoms with Crippen molar-refractivity contribution >= 4 is 29.0 Å². The smallest absolute Gasteiger partial charge is 0.275 e. The van der Waals surface area contributed by atoms with Gasteiger partial charge in [0.15, 0.2) is 5.69 Å². The van der Waals surface area contributed by atoms with Crippen molar-refractivity contribution in [3.8, 4) is 0 Å². The van der Waals surface area contributed by atoms with E-state index < -0.39 is 0 Å². The molecule has 0 atom stereocenters. The number of halogens is 1. The van der Waals surface area contributed by atoms with E-state index in [1.807, 2.05) is 24.3 Å². The van der Waals surface area contributed by atoms with Crippen molar-refractivity contribution in [3.05, 3.63) is 62.9 Å². The second-order valence-electron chi connectivity index (χ2n) is 5.70. The zero-order valence-corrected chi connectivity index (χ0v) is 14.3. The van der Waals surface area contributed by atoms with Crippen LogP contribution < -0.4 is 0 Å². The van der Waals surface area contributed by atoms with Gasteiger partial charge in [0.1, 0.15) is 0 Å². The first-order chi connectivity index (χ1) is 11.7. The zero-order chi connectivity index (χ0) is 16.5. The first-order valence-electron chi connectivity index (χ1n) is 7.56. The summed E-state index contributed by atoms with van der Waals surface area (Å²) in [6.07, 6.45) is 1.48. The number of aromatic amines is 1. The Labute approximate surface area is 147 Å². The first-order valence-corrected chi connectivity index (χ1v) is 8.78. The molecular weight excluding hydrogens is 346 g/mol. The molecule has 0 saturated heterocycles. The predicted octanol–water partition coefficient (Wildman–Crippen LogP) is 2.70. The highest BCUT2D eigenvalue weighted by molar-refractivity contribution is 7.03. The van der Waals surface area contributed by atoms with Gasteiger partial charge in [-0.25, -0.2) is 0 Å². The van der Waals surface area contributed by atoms with Gasteiger partial charge in [-0.05, 0) is 29.2 Å². The lowest BCUT2D eigenvalue weighted by Gasteiger charge is -2.26. The van der Waals surface area contributed by atoms with E-state index in [2.05, 4.69) is 19.8 Å². The molecule has 122 valence electrons. The van der Waals surface area contributed by atoms with Crippen LogP contribution in [0.25, 0.3) is 0 Å². The van der Waals surface area contributed by atoms with E-state index in [1.54, 1.807) is 10.3 Å². The van der Waals surface area contributed by atoms with Crippen molar-refractivity contribution in [3.63, 3.8) is 0 Å². The molecule has 1 aliphatic rings. The maximum Gasteiger partial charge on any atom is 0.275 e. The Bertz CT molecular complexity index is 859. The van der Waals surface area contributed by atoms with Crippen molar-refractivity contribution < 1.29 is 4.79 Å². The lowest BCUT2D eigenvalue weighted by atomic mass is 10.0. The molecule has 0 saturated carbocycles. The van der Waals surface area contributed by atoms with E-state index in [1.165, 1.54) is 11.5 Å². The SMILES string of the molecule is O=C(c1csnn1)N1CCc2[nH]nc(Cc3ccc(Cl)cc3)c2C1. The van der Waals surface area contributed by atoms with Gasteiger partial charge in [-0.15, -0.1) is 5.10 Å². The summed E-state index contributed by atoms with van der Waals surface area (Å²) >= 11 is 7.12. The van der Waals surface area contributed by atoms with Crippen LogP contribution in [0.1, 0.15) is 33.0 Å². The highest BCUT2D eigenvalue weighted by atomic mass is 35.5. The van der Waals surface area contributed by atoms with Crippen molar-refractivity contribution in [2.24, 2.45) is 0 Å². The molecule has 24 heavy (non-hydrogen) atoms. The minimum Gasteiger partial charge on any atom is -0.332 e. The molecule has 0 bridgehead atoms. The summed E-state index contributed by atoms with van der Waals surface area (Å²) in [5, 5.41) is 13.8. The Balaban J connectivity index is 1.55. The molecule has 0 radical (unpaired) electrons. The van der Waals surface area contributed by atoms with Crippen molar-refractivity contribution in [2.75, 3.05) is 6.54 Å². The summed E-state index contributed by atoms with van der Waals surface area (Å²) in [7, 11) is 0. The summed E-state index contributed by atoms with van der Waals surface area (Å²) in [4.78, 5) is 14.3. The lowest BCUT2D eigenvalue weighted by molar-refractivity contribution is 0.0728. The average Bonchev–Trinajstić information content (AvgIpc) is 3.26. The Morgan fingerprint density at radius 1 is 1.33 bits per heavy atom. The number of amides is 1. The minimum absolute atomic E-state index is 0.0759. The average molecular weight is 360 g/mol. The van der Waals surface area contributed by atoms with Gasteiger partial charge in [-0.2, -0.15) is 5.10 Å². The van der Waals surface area contributed by atoms with Gasteiger partial charge < -0.3 is 4.90 Å². The van der Waals surface area contributed by atoms with Gasteiger partial charge in [0.2, 0.25) is 0 Å². The molecule has 1 N–H and O–H groups in total. The fourth-order valence-electron chi connectivity index (χ4n) is 2.89. The van der Waals surface area contributed by atoms with E-state index in [0.717, 1.165) is 34.0 Å². The van der Waals surface area contributed by atoms with Gasteiger partial charge >= 0.3 is 0 Å². The van der Waals surface area contributed by atoms with Crippen LogP contribution >= 0.6 is 23.1 Å². The van der Waals surface area contributed by atoms with E-state index in [9.17, 15) is 4.79 Å². The maximum atomic E-state index is 12.5. The first kappa shape index (κ1) is 15.3. The summed E-state index contributed by atoms with van der Waals surface area (Å²) in [6.45, 7) is 1.21. The van der Waals surface area contributed by atoms with E-state index in [4.69, 9.17) is 11.6 Å². The molecule has 2 aromatic heterocycles. The van der Waals surface area contributed by atoms with E-state index >= 15 is 0 Å². The molecule has 1 aromatic carbocycles. The number of carbonyl (C=O) groups excluding carboxylic acids is 1. The number of hydrogen-bond donors (Lipinski definition) is 1. The molecule has 3 aromatic rings. The van der Waals surface area contributed by atoms with Crippen LogP contribution in [0.15, 0.2) is 29.6 Å². The van der Waals surface area contributed by atoms with Crippen molar-refractivity contribution in [1.82, 2.24) is 24.7 Å². The number of nitrogens with one attached hydrogen (secondary N) is 1. The van der Waals surface area contributed by atoms with Crippen molar-refractivity contribution in [2.45, 2.75) is 19.4 Å². The molecule has 1 amide bonds. The summed E-state index contributed by atoms with van der Waals surface area (Å²) in [6, 6.07) is 7.74. The fourth-order valence-corrected chi connectivity index (χ4v) is 3.45. The molecule has 6 nitrogen and oxygen atoms in total. The molecular formula is C16H14ClN5OS. The molecule has 0 fully saturated rings. The third kappa shape index (κ3) is 2.92. The monoisotopic (exact) mass is 359 g/mol. The van der Waals surface area contributed by atoms with Gasteiger partial charge in [-0.1, -0.05) is 28.2 Å². The number of hydrogen-bond acceptors (Lipinski definition) is 5. The Hall–Kier alpha value is -2.25. The lowest BCUT2D eigenvalue weighted by Crippen LogP contribution is -2.36. The molecule has 3 heterocycles. The Morgan fingerprint density at radius 2 is 2.17 bits per heavy atom. The van der Waals surface area contributed by atoms with Crippen LogP contribution in [-0.4, -0.2) is 37.1 Å². The third-order valence-corrected chi connectivity index (χ3v) is 4.93. The topological polar surface area (TPSA) is 74.8 Å². The van der Waals surface area contributed by atoms with Crippen LogP contribution in [0.5, 0.6) is 0 Å². The predicted molar refractivity (Wildman–Crippen MR) is 91.2 cm³/mol. The maximum absolute atomic E-state index is 12.5.